The molecule has 0 radical (unpaired) electrons. The van der Waals surface area contributed by atoms with Gasteiger partial charge < -0.3 is 4.74 Å². The van der Waals surface area contributed by atoms with E-state index in [1.165, 1.54) is 16.9 Å². The van der Waals surface area contributed by atoms with Gasteiger partial charge in [0.1, 0.15) is 15.9 Å². The van der Waals surface area contributed by atoms with E-state index in [9.17, 15) is 0 Å². The molecule has 0 bridgehead atoms. The fraction of sp³-hybridized carbons (Fsp3) is 0.250. The van der Waals surface area contributed by atoms with Crippen molar-refractivity contribution in [3.63, 3.8) is 0 Å². The van der Waals surface area contributed by atoms with E-state index in [1.54, 1.807) is 7.11 Å². The van der Waals surface area contributed by atoms with E-state index < -0.39 is 0 Å². The lowest BCUT2D eigenvalue weighted by atomic mass is 10.1. The number of rotatable bonds is 2. The Bertz CT molecular complexity index is 522. The molecule has 16 heavy (non-hydrogen) atoms. The predicted molar refractivity (Wildman–Crippen MR) is 68.6 cm³/mol. The van der Waals surface area contributed by atoms with E-state index in [0.717, 1.165) is 21.9 Å². The second kappa shape index (κ2) is 4.44. The first kappa shape index (κ1) is 11.4. The van der Waals surface area contributed by atoms with Gasteiger partial charge in [0.15, 0.2) is 0 Å². The van der Waals surface area contributed by atoms with Gasteiger partial charge in [-0.2, -0.15) is 0 Å². The largest absolute Gasteiger partial charge is 0.496 e. The standard InChI is InChI=1S/C12H12ClNOS/c1-7-4-8(2)11(15-3)9(5-7)12-14-10(13)6-16-12/h4-6H,1-3H3. The van der Waals surface area contributed by atoms with Crippen molar-refractivity contribution in [3.8, 4) is 16.3 Å². The number of aromatic nitrogens is 1. The van der Waals surface area contributed by atoms with Crippen LogP contribution >= 0.6 is 22.9 Å². The highest BCUT2D eigenvalue weighted by Crippen LogP contribution is 2.36. The van der Waals surface area contributed by atoms with Crippen LogP contribution in [0, 0.1) is 13.8 Å². The molecular weight excluding hydrogens is 242 g/mol. The maximum absolute atomic E-state index is 5.84. The third-order valence-electron chi connectivity index (χ3n) is 2.33. The highest BCUT2D eigenvalue weighted by molar-refractivity contribution is 7.13. The fourth-order valence-electron chi connectivity index (χ4n) is 1.76. The number of hydrogen-bond donors (Lipinski definition) is 0. The van der Waals surface area contributed by atoms with E-state index in [1.807, 2.05) is 12.3 Å². The lowest BCUT2D eigenvalue weighted by Crippen LogP contribution is -1.92. The molecule has 0 fully saturated rings. The zero-order valence-corrected chi connectivity index (χ0v) is 10.9. The van der Waals surface area contributed by atoms with Gasteiger partial charge in [-0.15, -0.1) is 11.3 Å². The summed E-state index contributed by atoms with van der Waals surface area (Å²) in [6, 6.07) is 4.17. The molecule has 1 aromatic heterocycles. The Labute approximate surface area is 104 Å². The Morgan fingerprint density at radius 2 is 2.06 bits per heavy atom. The van der Waals surface area contributed by atoms with Crippen LogP contribution in [0.3, 0.4) is 0 Å². The zero-order valence-electron chi connectivity index (χ0n) is 9.37. The first-order valence-electron chi connectivity index (χ1n) is 4.88. The Hall–Kier alpha value is -1.06. The SMILES string of the molecule is COc1c(C)cc(C)cc1-c1nc(Cl)cs1. The molecular formula is C12H12ClNOS. The van der Waals surface area contributed by atoms with Crippen LogP contribution < -0.4 is 4.74 Å². The zero-order chi connectivity index (χ0) is 11.7. The molecule has 0 amide bonds. The summed E-state index contributed by atoms with van der Waals surface area (Å²) >= 11 is 7.37. The third kappa shape index (κ3) is 2.06. The highest BCUT2D eigenvalue weighted by Gasteiger charge is 2.12. The van der Waals surface area contributed by atoms with Crippen LogP contribution in [0.25, 0.3) is 10.6 Å². The topological polar surface area (TPSA) is 22.1 Å². The molecule has 0 aliphatic rings. The molecule has 0 aliphatic carbocycles. The summed E-state index contributed by atoms with van der Waals surface area (Å²) in [7, 11) is 1.68. The molecule has 2 rings (SSSR count). The lowest BCUT2D eigenvalue weighted by molar-refractivity contribution is 0.413. The van der Waals surface area contributed by atoms with Gasteiger partial charge >= 0.3 is 0 Å². The minimum Gasteiger partial charge on any atom is -0.496 e. The Kier molecular flexibility index (Phi) is 3.17. The van der Waals surface area contributed by atoms with Crippen LogP contribution in [-0.2, 0) is 0 Å². The van der Waals surface area contributed by atoms with Gasteiger partial charge in [-0.25, -0.2) is 4.98 Å². The van der Waals surface area contributed by atoms with Crippen molar-refractivity contribution < 1.29 is 4.74 Å². The fourth-order valence-corrected chi connectivity index (χ4v) is 2.72. The molecule has 4 heteroatoms. The molecule has 2 aromatic rings. The van der Waals surface area contributed by atoms with Gasteiger partial charge in [0, 0.05) is 5.38 Å². The van der Waals surface area contributed by atoms with Gasteiger partial charge in [0.25, 0.3) is 0 Å². The van der Waals surface area contributed by atoms with Crippen LogP contribution in [0.4, 0.5) is 0 Å². The van der Waals surface area contributed by atoms with E-state index in [4.69, 9.17) is 16.3 Å². The maximum Gasteiger partial charge on any atom is 0.140 e. The Balaban J connectivity index is 2.63. The second-order valence-corrected chi connectivity index (χ2v) is 4.88. The summed E-state index contributed by atoms with van der Waals surface area (Å²) in [5.41, 5.74) is 3.32. The van der Waals surface area contributed by atoms with Crippen molar-refractivity contribution in [2.45, 2.75) is 13.8 Å². The number of hydrogen-bond acceptors (Lipinski definition) is 3. The molecule has 0 atom stereocenters. The third-order valence-corrected chi connectivity index (χ3v) is 3.53. The molecule has 0 saturated carbocycles. The smallest absolute Gasteiger partial charge is 0.140 e. The molecule has 0 N–H and O–H groups in total. The van der Waals surface area contributed by atoms with Crippen LogP contribution in [-0.4, -0.2) is 12.1 Å². The summed E-state index contributed by atoms with van der Waals surface area (Å²) in [6.45, 7) is 4.09. The number of aryl methyl sites for hydroxylation is 2. The molecule has 1 heterocycles. The molecule has 0 saturated heterocycles. The van der Waals surface area contributed by atoms with Gasteiger partial charge in [-0.05, 0) is 31.0 Å². The van der Waals surface area contributed by atoms with Crippen molar-refractivity contribution >= 4 is 22.9 Å². The monoisotopic (exact) mass is 253 g/mol. The number of nitrogens with zero attached hydrogens (tertiary/aromatic N) is 1. The van der Waals surface area contributed by atoms with Crippen molar-refractivity contribution in [1.82, 2.24) is 4.98 Å². The van der Waals surface area contributed by atoms with Crippen molar-refractivity contribution in [2.24, 2.45) is 0 Å². The van der Waals surface area contributed by atoms with E-state index in [2.05, 4.69) is 24.0 Å². The number of methoxy groups -OCH3 is 1. The first-order chi connectivity index (χ1) is 7.61. The highest BCUT2D eigenvalue weighted by atomic mass is 35.5. The minimum atomic E-state index is 0.529. The van der Waals surface area contributed by atoms with E-state index in [-0.39, 0.29) is 0 Å². The number of halogens is 1. The summed E-state index contributed by atoms with van der Waals surface area (Å²) in [6.07, 6.45) is 0. The molecule has 84 valence electrons. The maximum atomic E-state index is 5.84. The molecule has 2 nitrogen and oxygen atoms in total. The van der Waals surface area contributed by atoms with E-state index in [0.29, 0.717) is 5.15 Å². The second-order valence-electron chi connectivity index (χ2n) is 3.64. The van der Waals surface area contributed by atoms with Crippen molar-refractivity contribution in [3.05, 3.63) is 33.8 Å². The number of thiazole rings is 1. The molecule has 1 aromatic carbocycles. The normalized spacial score (nSPS) is 10.5. The van der Waals surface area contributed by atoms with Crippen LogP contribution in [0.15, 0.2) is 17.5 Å². The van der Waals surface area contributed by atoms with Gasteiger partial charge in [-0.1, -0.05) is 17.7 Å². The minimum absolute atomic E-state index is 0.529. The average molecular weight is 254 g/mol. The van der Waals surface area contributed by atoms with E-state index >= 15 is 0 Å². The summed E-state index contributed by atoms with van der Waals surface area (Å²) < 4.78 is 5.42. The summed E-state index contributed by atoms with van der Waals surface area (Å²) in [4.78, 5) is 4.28. The summed E-state index contributed by atoms with van der Waals surface area (Å²) in [5, 5.41) is 3.25. The lowest BCUT2D eigenvalue weighted by Gasteiger charge is -2.10. The first-order valence-corrected chi connectivity index (χ1v) is 6.14. The summed E-state index contributed by atoms with van der Waals surface area (Å²) in [5.74, 6) is 0.872. The number of ether oxygens (including phenoxy) is 1. The average Bonchev–Trinajstić information content (AvgIpc) is 2.63. The Morgan fingerprint density at radius 1 is 1.31 bits per heavy atom. The predicted octanol–water partition coefficient (Wildman–Crippen LogP) is 4.09. The Morgan fingerprint density at radius 3 is 2.62 bits per heavy atom. The molecule has 0 spiro atoms. The number of benzene rings is 1. The van der Waals surface area contributed by atoms with Gasteiger partial charge in [0.2, 0.25) is 0 Å². The van der Waals surface area contributed by atoms with Crippen molar-refractivity contribution in [1.29, 1.82) is 0 Å². The molecule has 0 aliphatic heterocycles. The van der Waals surface area contributed by atoms with Gasteiger partial charge in [-0.3, -0.25) is 0 Å². The quantitative estimate of drug-likeness (QED) is 0.804. The van der Waals surface area contributed by atoms with Crippen LogP contribution in [0.5, 0.6) is 5.75 Å². The molecule has 0 unspecified atom stereocenters. The van der Waals surface area contributed by atoms with Crippen LogP contribution in [0.1, 0.15) is 11.1 Å². The van der Waals surface area contributed by atoms with Crippen LogP contribution in [0.2, 0.25) is 5.15 Å². The van der Waals surface area contributed by atoms with Crippen molar-refractivity contribution in [2.75, 3.05) is 7.11 Å². The van der Waals surface area contributed by atoms with Gasteiger partial charge in [0.05, 0.1) is 12.7 Å².